The average molecular weight is 545 g/mol. The third-order valence-electron chi connectivity index (χ3n) is 5.17. The molecule has 0 aliphatic carbocycles. The molecule has 202 valence electrons. The molecule has 0 aromatic heterocycles. The van der Waals surface area contributed by atoms with Crippen LogP contribution < -0.4 is 10.2 Å². The Morgan fingerprint density at radius 1 is 1.05 bits per heavy atom. The smallest absolute Gasteiger partial charge is 0.478 e. The quantitative estimate of drug-likeness (QED) is 0.268. The summed E-state index contributed by atoms with van der Waals surface area (Å²) in [6.07, 6.45) is -4.25. The molecule has 2 aromatic rings. The number of piperazine rings is 1. The molecule has 0 spiro atoms. The molecular weight excluding hydrogens is 517 g/mol. The second-order valence-corrected chi connectivity index (χ2v) is 8.19. The number of aliphatic carboxylic acids is 1. The highest BCUT2D eigenvalue weighted by Crippen LogP contribution is 2.26. The number of hydrogen-bond acceptors (Lipinski definition) is 5. The third-order valence-corrected chi connectivity index (χ3v) is 5.49. The molecule has 3 N–H and O–H groups in total. The molecule has 1 aliphatic rings. The van der Waals surface area contributed by atoms with Crippen molar-refractivity contribution in [2.75, 3.05) is 56.7 Å². The zero-order chi connectivity index (χ0) is 27.4. The molecule has 1 heterocycles. The second kappa shape index (κ2) is 14.3. The van der Waals surface area contributed by atoms with E-state index in [1.54, 1.807) is 31.4 Å². The van der Waals surface area contributed by atoms with E-state index in [-0.39, 0.29) is 5.56 Å². The number of anilines is 2. The van der Waals surface area contributed by atoms with Crippen molar-refractivity contribution >= 4 is 40.9 Å². The lowest BCUT2D eigenvalue weighted by atomic mass is 10.2. The fourth-order valence-electron chi connectivity index (χ4n) is 3.31. The van der Waals surface area contributed by atoms with Crippen molar-refractivity contribution in [1.82, 2.24) is 4.90 Å². The monoisotopic (exact) mass is 544 g/mol. The fourth-order valence-corrected chi connectivity index (χ4v) is 3.56. The molecule has 0 saturated carbocycles. The Morgan fingerprint density at radius 3 is 2.16 bits per heavy atom. The summed E-state index contributed by atoms with van der Waals surface area (Å²) in [6.45, 7) is 4.57. The van der Waals surface area contributed by atoms with Gasteiger partial charge in [-0.3, -0.25) is 4.99 Å². The number of alkyl halides is 3. The normalized spacial score (nSPS) is 14.0. The number of hydrogen-bond donors (Lipinski definition) is 3. The highest BCUT2D eigenvalue weighted by atomic mass is 35.5. The van der Waals surface area contributed by atoms with Crippen molar-refractivity contribution in [1.29, 1.82) is 0 Å². The van der Waals surface area contributed by atoms with Crippen molar-refractivity contribution in [2.45, 2.75) is 12.6 Å². The highest BCUT2D eigenvalue weighted by molar-refractivity contribution is 6.33. The molecule has 0 unspecified atom stereocenters. The van der Waals surface area contributed by atoms with E-state index < -0.39 is 18.1 Å². The first-order chi connectivity index (χ1) is 17.5. The number of carboxylic acids is 2. The molecule has 0 amide bonds. The van der Waals surface area contributed by atoms with Crippen LogP contribution in [0, 0.1) is 0 Å². The van der Waals surface area contributed by atoms with E-state index in [4.69, 9.17) is 36.3 Å². The van der Waals surface area contributed by atoms with Crippen LogP contribution in [-0.2, 0) is 9.53 Å². The zero-order valence-electron chi connectivity index (χ0n) is 20.0. The lowest BCUT2D eigenvalue weighted by Crippen LogP contribution is -2.50. The van der Waals surface area contributed by atoms with Crippen LogP contribution >= 0.6 is 11.6 Å². The third kappa shape index (κ3) is 9.81. The van der Waals surface area contributed by atoms with Crippen LogP contribution in [-0.4, -0.2) is 85.6 Å². The van der Waals surface area contributed by atoms with Crippen molar-refractivity contribution in [3.8, 4) is 0 Å². The predicted molar refractivity (Wildman–Crippen MR) is 135 cm³/mol. The molecule has 3 rings (SSSR count). The number of carboxylic acid groups (broad SMARTS) is 2. The minimum Gasteiger partial charge on any atom is -0.478 e. The molecular formula is C24H28ClF3N4O5. The van der Waals surface area contributed by atoms with E-state index in [9.17, 15) is 18.0 Å². The van der Waals surface area contributed by atoms with E-state index in [0.717, 1.165) is 55.0 Å². The Kier molecular flexibility index (Phi) is 11.5. The Balaban J connectivity index is 0.000000604. The van der Waals surface area contributed by atoms with E-state index in [2.05, 4.69) is 15.1 Å². The van der Waals surface area contributed by atoms with Gasteiger partial charge < -0.3 is 30.1 Å². The summed E-state index contributed by atoms with van der Waals surface area (Å²) in [5.74, 6) is -2.91. The van der Waals surface area contributed by atoms with Gasteiger partial charge in [0, 0.05) is 52.1 Å². The van der Waals surface area contributed by atoms with Gasteiger partial charge in [0.2, 0.25) is 0 Å². The number of benzene rings is 2. The summed E-state index contributed by atoms with van der Waals surface area (Å²) < 4.78 is 36.9. The number of ether oxygens (including phenoxy) is 1. The molecule has 1 saturated heterocycles. The predicted octanol–water partition coefficient (Wildman–Crippen LogP) is 4.30. The summed E-state index contributed by atoms with van der Waals surface area (Å²) in [5, 5.41) is 20.3. The van der Waals surface area contributed by atoms with Gasteiger partial charge in [-0.2, -0.15) is 13.2 Å². The van der Waals surface area contributed by atoms with Gasteiger partial charge in [0.05, 0.1) is 16.3 Å². The SMILES string of the molecule is COCCCN=C(Nc1ccc(C(=O)O)cc1)N1CCN(c2ccccc2Cl)CC1.O=C(O)C(F)(F)F. The number of nitrogens with zero attached hydrogens (tertiary/aromatic N) is 3. The largest absolute Gasteiger partial charge is 0.490 e. The Morgan fingerprint density at radius 2 is 1.65 bits per heavy atom. The van der Waals surface area contributed by atoms with Gasteiger partial charge in [-0.25, -0.2) is 9.59 Å². The molecule has 1 aliphatic heterocycles. The zero-order valence-corrected chi connectivity index (χ0v) is 20.8. The van der Waals surface area contributed by atoms with Gasteiger partial charge in [-0.1, -0.05) is 23.7 Å². The van der Waals surface area contributed by atoms with Crippen molar-refractivity contribution < 1.29 is 37.7 Å². The van der Waals surface area contributed by atoms with Crippen LogP contribution in [0.15, 0.2) is 53.5 Å². The van der Waals surface area contributed by atoms with Crippen molar-refractivity contribution in [2.24, 2.45) is 4.99 Å². The average Bonchev–Trinajstić information content (AvgIpc) is 2.86. The van der Waals surface area contributed by atoms with Gasteiger partial charge >= 0.3 is 18.1 Å². The number of halogens is 4. The van der Waals surface area contributed by atoms with Crippen molar-refractivity contribution in [3.63, 3.8) is 0 Å². The van der Waals surface area contributed by atoms with E-state index >= 15 is 0 Å². The summed E-state index contributed by atoms with van der Waals surface area (Å²) in [6, 6.07) is 14.6. The van der Waals surface area contributed by atoms with Gasteiger partial charge in [0.1, 0.15) is 0 Å². The van der Waals surface area contributed by atoms with Crippen LogP contribution in [0.25, 0.3) is 0 Å². The Hall–Kier alpha value is -3.51. The van der Waals surface area contributed by atoms with Gasteiger partial charge in [-0.05, 0) is 42.8 Å². The lowest BCUT2D eigenvalue weighted by molar-refractivity contribution is -0.192. The minimum absolute atomic E-state index is 0.257. The topological polar surface area (TPSA) is 115 Å². The number of aliphatic imine (C=N–C) groups is 1. The molecule has 0 bridgehead atoms. The van der Waals surface area contributed by atoms with E-state index in [1.807, 2.05) is 24.3 Å². The van der Waals surface area contributed by atoms with Gasteiger partial charge in [0.15, 0.2) is 5.96 Å². The van der Waals surface area contributed by atoms with Crippen LogP contribution in [0.2, 0.25) is 5.02 Å². The summed E-state index contributed by atoms with van der Waals surface area (Å²) in [4.78, 5) is 29.2. The first-order valence-corrected chi connectivity index (χ1v) is 11.6. The molecule has 1 fully saturated rings. The maximum Gasteiger partial charge on any atom is 0.490 e. The van der Waals surface area contributed by atoms with Gasteiger partial charge in [0.25, 0.3) is 0 Å². The molecule has 13 heteroatoms. The number of nitrogens with one attached hydrogen (secondary N) is 1. The fraction of sp³-hybridized carbons (Fsp3) is 0.375. The summed E-state index contributed by atoms with van der Waals surface area (Å²) in [7, 11) is 1.68. The lowest BCUT2D eigenvalue weighted by Gasteiger charge is -2.38. The molecule has 0 radical (unpaired) electrons. The number of methoxy groups -OCH3 is 1. The Labute approximate surface area is 217 Å². The first kappa shape index (κ1) is 29.7. The Bertz CT molecular complexity index is 1060. The molecule has 0 atom stereocenters. The molecule has 2 aromatic carbocycles. The van der Waals surface area contributed by atoms with Gasteiger partial charge in [-0.15, -0.1) is 0 Å². The van der Waals surface area contributed by atoms with E-state index in [0.29, 0.717) is 13.2 Å². The van der Waals surface area contributed by atoms with Crippen LogP contribution in [0.1, 0.15) is 16.8 Å². The molecule has 9 nitrogen and oxygen atoms in total. The molecule has 37 heavy (non-hydrogen) atoms. The first-order valence-electron chi connectivity index (χ1n) is 11.2. The maximum atomic E-state index is 11.1. The highest BCUT2D eigenvalue weighted by Gasteiger charge is 2.38. The number of rotatable bonds is 7. The van der Waals surface area contributed by atoms with Crippen molar-refractivity contribution in [3.05, 3.63) is 59.1 Å². The van der Waals surface area contributed by atoms with Crippen LogP contribution in [0.4, 0.5) is 24.5 Å². The summed E-state index contributed by atoms with van der Waals surface area (Å²) in [5.41, 5.74) is 2.11. The standard InChI is InChI=1S/C22H27ClN4O3.C2HF3O2/c1-30-16-4-11-24-22(25-18-9-7-17(8-10-18)21(28)29)27-14-12-26(13-15-27)20-6-3-2-5-19(20)23;3-2(4,5)1(6)7/h2-3,5-10H,4,11-16H2,1H3,(H,24,25)(H,28,29);(H,6,7). The second-order valence-electron chi connectivity index (χ2n) is 7.79. The van der Waals surface area contributed by atoms with Crippen LogP contribution in [0.3, 0.4) is 0 Å². The summed E-state index contributed by atoms with van der Waals surface area (Å²) >= 11 is 6.35. The number of para-hydroxylation sites is 1. The maximum absolute atomic E-state index is 11.1. The number of aromatic carboxylic acids is 1. The minimum atomic E-state index is -5.08. The number of guanidine groups is 1. The van der Waals surface area contributed by atoms with Crippen LogP contribution in [0.5, 0.6) is 0 Å². The number of carbonyl (C=O) groups is 2. The van der Waals surface area contributed by atoms with E-state index in [1.165, 1.54) is 0 Å².